The van der Waals surface area contributed by atoms with Gasteiger partial charge < -0.3 is 9.80 Å². The Hall–Kier alpha value is -1.58. The standard InChI is InChI=1S/C26H46N2O2/c1-5-9-13-17-27(18-14-10-6-2)23-21-26(30)24(22-25(23)29)28(19-15-11-7-3)20-16-12-8-4/h21-22H,5-20H2,1-4H3. The van der Waals surface area contributed by atoms with Crippen molar-refractivity contribution in [3.8, 4) is 0 Å². The van der Waals surface area contributed by atoms with E-state index in [1.807, 2.05) is 0 Å². The molecule has 0 fully saturated rings. The lowest BCUT2D eigenvalue weighted by atomic mass is 10.0. The van der Waals surface area contributed by atoms with Crippen LogP contribution >= 0.6 is 0 Å². The fraction of sp³-hybridized carbons (Fsp3) is 0.769. The summed E-state index contributed by atoms with van der Waals surface area (Å²) >= 11 is 0. The highest BCUT2D eigenvalue weighted by Crippen LogP contribution is 2.21. The number of nitrogens with zero attached hydrogens (tertiary/aromatic N) is 2. The third kappa shape index (κ3) is 9.49. The summed E-state index contributed by atoms with van der Waals surface area (Å²) in [7, 11) is 0. The molecular weight excluding hydrogens is 372 g/mol. The summed E-state index contributed by atoms with van der Waals surface area (Å²) in [4.78, 5) is 30.4. The number of unbranched alkanes of at least 4 members (excludes halogenated alkanes) is 8. The minimum atomic E-state index is 0.00794. The Morgan fingerprint density at radius 1 is 0.500 bits per heavy atom. The van der Waals surface area contributed by atoms with Crippen LogP contribution in [0.1, 0.15) is 105 Å². The molecule has 0 N–H and O–H groups in total. The second kappa shape index (κ2) is 16.2. The molecule has 0 heterocycles. The van der Waals surface area contributed by atoms with Gasteiger partial charge in [-0.05, 0) is 25.7 Å². The monoisotopic (exact) mass is 418 g/mol. The van der Waals surface area contributed by atoms with Crippen LogP contribution in [0.2, 0.25) is 0 Å². The highest BCUT2D eigenvalue weighted by molar-refractivity contribution is 6.19. The van der Waals surface area contributed by atoms with Gasteiger partial charge in [0, 0.05) is 38.3 Å². The number of allylic oxidation sites excluding steroid dienone is 2. The zero-order valence-corrected chi connectivity index (χ0v) is 20.2. The van der Waals surface area contributed by atoms with Crippen LogP contribution in [0.3, 0.4) is 0 Å². The molecule has 4 nitrogen and oxygen atoms in total. The van der Waals surface area contributed by atoms with E-state index in [0.717, 1.165) is 103 Å². The van der Waals surface area contributed by atoms with E-state index in [4.69, 9.17) is 0 Å². The summed E-state index contributed by atoms with van der Waals surface area (Å²) in [5.41, 5.74) is 1.22. The average Bonchev–Trinajstić information content (AvgIpc) is 2.73. The zero-order chi connectivity index (χ0) is 22.2. The Balaban J connectivity index is 2.91. The number of hydrogen-bond acceptors (Lipinski definition) is 4. The molecule has 4 heteroatoms. The topological polar surface area (TPSA) is 40.6 Å². The number of rotatable bonds is 18. The Labute approximate surface area is 185 Å². The van der Waals surface area contributed by atoms with E-state index in [0.29, 0.717) is 11.4 Å². The van der Waals surface area contributed by atoms with Crippen LogP contribution in [0, 0.1) is 0 Å². The van der Waals surface area contributed by atoms with Crippen molar-refractivity contribution < 1.29 is 9.59 Å². The van der Waals surface area contributed by atoms with Crippen molar-refractivity contribution in [2.75, 3.05) is 26.2 Å². The lowest BCUT2D eigenvalue weighted by molar-refractivity contribution is -0.117. The zero-order valence-electron chi connectivity index (χ0n) is 20.2. The van der Waals surface area contributed by atoms with Gasteiger partial charge in [-0.3, -0.25) is 9.59 Å². The average molecular weight is 419 g/mol. The van der Waals surface area contributed by atoms with Crippen molar-refractivity contribution in [3.05, 3.63) is 23.5 Å². The van der Waals surface area contributed by atoms with Crippen molar-refractivity contribution >= 4 is 11.6 Å². The van der Waals surface area contributed by atoms with Gasteiger partial charge in [0.05, 0.1) is 11.4 Å². The number of carbonyl (C=O) groups excluding carboxylic acids is 2. The van der Waals surface area contributed by atoms with Crippen LogP contribution in [-0.2, 0) is 9.59 Å². The molecular formula is C26H46N2O2. The van der Waals surface area contributed by atoms with Gasteiger partial charge in [0.2, 0.25) is 11.6 Å². The number of hydrogen-bond donors (Lipinski definition) is 0. The second-order valence-electron chi connectivity index (χ2n) is 8.59. The predicted molar refractivity (Wildman–Crippen MR) is 127 cm³/mol. The van der Waals surface area contributed by atoms with Crippen molar-refractivity contribution in [1.82, 2.24) is 9.80 Å². The van der Waals surface area contributed by atoms with Crippen LogP contribution in [0.4, 0.5) is 0 Å². The van der Waals surface area contributed by atoms with Gasteiger partial charge in [-0.1, -0.05) is 79.1 Å². The molecule has 0 saturated carbocycles. The molecule has 0 spiro atoms. The molecule has 0 amide bonds. The molecule has 0 bridgehead atoms. The van der Waals surface area contributed by atoms with Crippen LogP contribution in [-0.4, -0.2) is 47.5 Å². The lowest BCUT2D eigenvalue weighted by Gasteiger charge is -2.31. The van der Waals surface area contributed by atoms with Crippen LogP contribution < -0.4 is 0 Å². The largest absolute Gasteiger partial charge is 0.368 e. The molecule has 1 aliphatic rings. The maximum Gasteiger partial charge on any atom is 0.204 e. The quantitative estimate of drug-likeness (QED) is 0.194. The van der Waals surface area contributed by atoms with Gasteiger partial charge in [0.25, 0.3) is 0 Å². The molecule has 0 aromatic heterocycles. The van der Waals surface area contributed by atoms with E-state index in [-0.39, 0.29) is 11.6 Å². The smallest absolute Gasteiger partial charge is 0.204 e. The van der Waals surface area contributed by atoms with Crippen LogP contribution in [0.15, 0.2) is 23.5 Å². The van der Waals surface area contributed by atoms with Crippen LogP contribution in [0.5, 0.6) is 0 Å². The normalized spacial score (nSPS) is 14.0. The highest BCUT2D eigenvalue weighted by Gasteiger charge is 2.27. The van der Waals surface area contributed by atoms with Gasteiger partial charge in [0.15, 0.2) is 0 Å². The molecule has 0 radical (unpaired) electrons. The first-order valence-electron chi connectivity index (χ1n) is 12.6. The first-order valence-corrected chi connectivity index (χ1v) is 12.6. The van der Waals surface area contributed by atoms with Gasteiger partial charge in [-0.25, -0.2) is 0 Å². The maximum atomic E-state index is 13.1. The van der Waals surface area contributed by atoms with Crippen molar-refractivity contribution in [1.29, 1.82) is 0 Å². The molecule has 172 valence electrons. The van der Waals surface area contributed by atoms with Gasteiger partial charge in [0.1, 0.15) is 0 Å². The third-order valence-corrected chi connectivity index (χ3v) is 5.85. The predicted octanol–water partition coefficient (Wildman–Crippen LogP) is 6.27. The minimum absolute atomic E-state index is 0.00794. The molecule has 0 atom stereocenters. The van der Waals surface area contributed by atoms with Gasteiger partial charge in [-0.15, -0.1) is 0 Å². The van der Waals surface area contributed by atoms with Crippen molar-refractivity contribution in [3.63, 3.8) is 0 Å². The summed E-state index contributed by atoms with van der Waals surface area (Å²) in [6.45, 7) is 12.2. The summed E-state index contributed by atoms with van der Waals surface area (Å²) < 4.78 is 0. The SMILES string of the molecule is CCCCCN(CCCCC)C1=CC(=O)C(N(CCCCC)CCCCC)=CC1=O. The van der Waals surface area contributed by atoms with Crippen molar-refractivity contribution in [2.45, 2.75) is 105 Å². The summed E-state index contributed by atoms with van der Waals surface area (Å²) in [5.74, 6) is 0.0159. The first-order chi connectivity index (χ1) is 14.6. The first kappa shape index (κ1) is 26.5. The van der Waals surface area contributed by atoms with E-state index in [1.165, 1.54) is 0 Å². The van der Waals surface area contributed by atoms with E-state index in [2.05, 4.69) is 37.5 Å². The Morgan fingerprint density at radius 3 is 1.00 bits per heavy atom. The van der Waals surface area contributed by atoms with E-state index in [9.17, 15) is 9.59 Å². The second-order valence-corrected chi connectivity index (χ2v) is 8.59. The molecule has 0 aromatic carbocycles. The van der Waals surface area contributed by atoms with Crippen LogP contribution in [0.25, 0.3) is 0 Å². The van der Waals surface area contributed by atoms with E-state index >= 15 is 0 Å². The van der Waals surface area contributed by atoms with E-state index < -0.39 is 0 Å². The highest BCUT2D eigenvalue weighted by atomic mass is 16.1. The fourth-order valence-corrected chi connectivity index (χ4v) is 3.95. The minimum Gasteiger partial charge on any atom is -0.368 e. The molecule has 0 saturated heterocycles. The maximum absolute atomic E-state index is 13.1. The summed E-state index contributed by atoms with van der Waals surface area (Å²) in [6, 6.07) is 0. The Kier molecular flexibility index (Phi) is 14.2. The number of carbonyl (C=O) groups is 2. The van der Waals surface area contributed by atoms with Gasteiger partial charge >= 0.3 is 0 Å². The number of ketones is 2. The van der Waals surface area contributed by atoms with Crippen molar-refractivity contribution in [2.24, 2.45) is 0 Å². The molecule has 0 aromatic rings. The molecule has 0 unspecified atom stereocenters. The molecule has 1 aliphatic carbocycles. The fourth-order valence-electron chi connectivity index (χ4n) is 3.95. The molecule has 30 heavy (non-hydrogen) atoms. The Morgan fingerprint density at radius 2 is 0.767 bits per heavy atom. The third-order valence-electron chi connectivity index (χ3n) is 5.85. The Bertz CT molecular complexity index is 495. The molecule has 0 aliphatic heterocycles. The van der Waals surface area contributed by atoms with Gasteiger partial charge in [-0.2, -0.15) is 0 Å². The van der Waals surface area contributed by atoms with E-state index in [1.54, 1.807) is 12.2 Å². The lowest BCUT2D eigenvalue weighted by Crippen LogP contribution is -2.36. The molecule has 1 rings (SSSR count). The summed E-state index contributed by atoms with van der Waals surface area (Å²) in [5, 5.41) is 0. The summed E-state index contributed by atoms with van der Waals surface area (Å²) in [6.07, 6.45) is 16.8.